The van der Waals surface area contributed by atoms with E-state index in [0.29, 0.717) is 0 Å². The molecule has 0 saturated carbocycles. The van der Waals surface area contributed by atoms with Crippen molar-refractivity contribution >= 4 is 17.8 Å². The van der Waals surface area contributed by atoms with Crippen molar-refractivity contribution in [2.45, 2.75) is 0 Å². The Balaban J connectivity index is 4.32. The zero-order chi connectivity index (χ0) is 8.41. The van der Waals surface area contributed by atoms with Crippen LogP contribution in [0.1, 0.15) is 0 Å². The lowest BCUT2D eigenvalue weighted by molar-refractivity contribution is 0.311. The predicted octanol–water partition coefficient (Wildman–Crippen LogP) is -0.718. The maximum Gasteiger partial charge on any atom is 0.416 e. The molecule has 2 N–H and O–H groups in total. The fraction of sp³-hybridized carbons (Fsp3) is 1.00. The summed E-state index contributed by atoms with van der Waals surface area (Å²) in [5.74, 6) is 0. The fourth-order valence-electron chi connectivity index (χ4n) is 0.247. The molecule has 1 unspecified atom stereocenters. The van der Waals surface area contributed by atoms with Crippen LogP contribution in [0.15, 0.2) is 0 Å². The quantitative estimate of drug-likeness (QED) is 0.571. The van der Waals surface area contributed by atoms with Gasteiger partial charge in [0.15, 0.2) is 0 Å². The standard InChI is InChI=1S/C2H8NO5PS/c1-8-9(4,5)3-10(2,6)7/h1-2H3,(H2,3,4,5). The molecule has 1 atom stereocenters. The van der Waals surface area contributed by atoms with Crippen LogP contribution in [0.25, 0.3) is 0 Å². The Morgan fingerprint density at radius 2 is 2.00 bits per heavy atom. The highest BCUT2D eigenvalue weighted by Gasteiger charge is 2.21. The monoisotopic (exact) mass is 189 g/mol. The molecule has 0 heterocycles. The van der Waals surface area contributed by atoms with Crippen molar-refractivity contribution in [2.24, 2.45) is 0 Å². The van der Waals surface area contributed by atoms with E-state index in [0.717, 1.165) is 13.4 Å². The Morgan fingerprint density at radius 1 is 1.60 bits per heavy atom. The second-order valence-electron chi connectivity index (χ2n) is 1.57. The van der Waals surface area contributed by atoms with Gasteiger partial charge in [0.2, 0.25) is 10.0 Å². The summed E-state index contributed by atoms with van der Waals surface area (Å²) >= 11 is 0. The summed E-state index contributed by atoms with van der Waals surface area (Å²) < 4.78 is 36.3. The molecule has 0 amide bonds. The number of sulfonamides is 1. The van der Waals surface area contributed by atoms with Gasteiger partial charge in [0.1, 0.15) is 0 Å². The summed E-state index contributed by atoms with van der Waals surface area (Å²) in [6, 6.07) is 0. The number of hydrogen-bond donors (Lipinski definition) is 2. The maximum atomic E-state index is 10.4. The Kier molecular flexibility index (Phi) is 3.00. The molecule has 62 valence electrons. The Hall–Kier alpha value is 0.0600. The molecule has 0 aromatic carbocycles. The third-order valence-corrected chi connectivity index (χ3v) is 3.27. The van der Waals surface area contributed by atoms with E-state index in [2.05, 4.69) is 4.52 Å². The molecule has 0 spiro atoms. The zero-order valence-electron chi connectivity index (χ0n) is 5.44. The molecule has 0 aromatic heterocycles. The third-order valence-electron chi connectivity index (χ3n) is 0.529. The van der Waals surface area contributed by atoms with E-state index in [4.69, 9.17) is 4.89 Å². The first-order valence-corrected chi connectivity index (χ1v) is 5.61. The van der Waals surface area contributed by atoms with Crippen LogP contribution in [0.4, 0.5) is 0 Å². The molecule has 0 aromatic rings. The second-order valence-corrected chi connectivity index (χ2v) is 5.25. The van der Waals surface area contributed by atoms with Crippen molar-refractivity contribution in [1.82, 2.24) is 4.49 Å². The summed E-state index contributed by atoms with van der Waals surface area (Å²) in [5, 5.41) is 0. The van der Waals surface area contributed by atoms with Crippen LogP contribution in [0.3, 0.4) is 0 Å². The molecule has 0 rings (SSSR count). The summed E-state index contributed by atoms with van der Waals surface area (Å²) in [6.45, 7) is 0. The van der Waals surface area contributed by atoms with Gasteiger partial charge in [-0.15, -0.1) is 4.49 Å². The summed E-state index contributed by atoms with van der Waals surface area (Å²) in [7, 11) is -6.89. The molecule has 8 heteroatoms. The van der Waals surface area contributed by atoms with E-state index in [1.54, 1.807) is 0 Å². The zero-order valence-corrected chi connectivity index (χ0v) is 7.15. The van der Waals surface area contributed by atoms with Crippen molar-refractivity contribution in [3.8, 4) is 0 Å². The third kappa shape index (κ3) is 4.89. The summed E-state index contributed by atoms with van der Waals surface area (Å²) in [4.78, 5) is 8.50. The minimum absolute atomic E-state index is 0.759. The van der Waals surface area contributed by atoms with Crippen LogP contribution < -0.4 is 4.49 Å². The van der Waals surface area contributed by atoms with E-state index in [9.17, 15) is 13.0 Å². The summed E-state index contributed by atoms with van der Waals surface area (Å²) in [6.07, 6.45) is 0.759. The molecule has 0 aliphatic rings. The largest absolute Gasteiger partial charge is 0.416 e. The molecular weight excluding hydrogens is 181 g/mol. The molecule has 10 heavy (non-hydrogen) atoms. The Bertz CT molecular complexity index is 244. The first kappa shape index (κ1) is 10.1. The number of nitrogens with one attached hydrogen (secondary N) is 1. The Morgan fingerprint density at radius 3 is 2.10 bits per heavy atom. The maximum absolute atomic E-state index is 10.4. The molecule has 0 saturated heterocycles. The lowest BCUT2D eigenvalue weighted by Gasteiger charge is -2.06. The molecule has 0 aliphatic heterocycles. The SMILES string of the molecule is COP(=O)(O)NS(C)(=O)=O. The second kappa shape index (κ2) is 2.98. The topological polar surface area (TPSA) is 92.7 Å². The molecule has 0 aliphatic carbocycles. The normalized spacial score (nSPS) is 18.3. The first-order valence-electron chi connectivity index (χ1n) is 2.14. The number of rotatable bonds is 3. The lowest BCUT2D eigenvalue weighted by Crippen LogP contribution is -2.19. The van der Waals surface area contributed by atoms with Crippen LogP contribution in [0.2, 0.25) is 0 Å². The van der Waals surface area contributed by atoms with Gasteiger partial charge < -0.3 is 4.89 Å². The smallest absolute Gasteiger partial charge is 0.312 e. The van der Waals surface area contributed by atoms with Crippen LogP contribution >= 0.6 is 7.75 Å². The summed E-state index contributed by atoms with van der Waals surface area (Å²) in [5.41, 5.74) is 0. The van der Waals surface area contributed by atoms with Gasteiger partial charge in [-0.3, -0.25) is 4.52 Å². The van der Waals surface area contributed by atoms with E-state index in [-0.39, 0.29) is 0 Å². The molecule has 0 bridgehead atoms. The lowest BCUT2D eigenvalue weighted by atomic mass is 11.8. The van der Waals surface area contributed by atoms with E-state index in [1.165, 1.54) is 4.49 Å². The van der Waals surface area contributed by atoms with Gasteiger partial charge in [-0.1, -0.05) is 0 Å². The fourth-order valence-corrected chi connectivity index (χ4v) is 2.22. The first-order chi connectivity index (χ1) is 4.27. The van der Waals surface area contributed by atoms with Crippen LogP contribution in [-0.4, -0.2) is 26.7 Å². The average Bonchev–Trinajstić information content (AvgIpc) is 1.60. The van der Waals surface area contributed by atoms with Crippen LogP contribution in [-0.2, 0) is 19.1 Å². The minimum atomic E-state index is -4.13. The van der Waals surface area contributed by atoms with Gasteiger partial charge in [-0.05, 0) is 0 Å². The minimum Gasteiger partial charge on any atom is -0.312 e. The van der Waals surface area contributed by atoms with Crippen LogP contribution in [0, 0.1) is 0 Å². The van der Waals surface area contributed by atoms with Gasteiger partial charge in [-0.2, -0.15) is 0 Å². The van der Waals surface area contributed by atoms with Gasteiger partial charge in [0.05, 0.1) is 6.26 Å². The highest BCUT2D eigenvalue weighted by Crippen LogP contribution is 2.35. The van der Waals surface area contributed by atoms with Gasteiger partial charge >= 0.3 is 7.75 Å². The van der Waals surface area contributed by atoms with Crippen molar-refractivity contribution in [2.75, 3.05) is 13.4 Å². The highest BCUT2D eigenvalue weighted by atomic mass is 32.2. The predicted molar refractivity (Wildman–Crippen MR) is 34.8 cm³/mol. The van der Waals surface area contributed by atoms with E-state index in [1.807, 2.05) is 0 Å². The average molecular weight is 189 g/mol. The Labute approximate surface area is 58.8 Å². The van der Waals surface area contributed by atoms with Gasteiger partial charge in [-0.25, -0.2) is 13.0 Å². The van der Waals surface area contributed by atoms with Crippen molar-refractivity contribution < 1.29 is 22.4 Å². The molecule has 0 radical (unpaired) electrons. The van der Waals surface area contributed by atoms with E-state index >= 15 is 0 Å². The van der Waals surface area contributed by atoms with E-state index < -0.39 is 17.8 Å². The van der Waals surface area contributed by atoms with Crippen molar-refractivity contribution in [1.29, 1.82) is 0 Å². The van der Waals surface area contributed by atoms with Gasteiger partial charge in [0, 0.05) is 7.11 Å². The van der Waals surface area contributed by atoms with Crippen LogP contribution in [0.5, 0.6) is 0 Å². The van der Waals surface area contributed by atoms with Gasteiger partial charge in [0.25, 0.3) is 0 Å². The van der Waals surface area contributed by atoms with Crippen molar-refractivity contribution in [3.63, 3.8) is 0 Å². The number of hydrogen-bond acceptors (Lipinski definition) is 4. The highest BCUT2D eigenvalue weighted by molar-refractivity contribution is 7.94. The molecular formula is C2H8NO5PS. The van der Waals surface area contributed by atoms with Crippen molar-refractivity contribution in [3.05, 3.63) is 0 Å². The molecule has 6 nitrogen and oxygen atoms in total. The molecule has 0 fully saturated rings.